The smallest absolute Gasteiger partial charge is 0.321 e. The number of esters is 1. The van der Waals surface area contributed by atoms with E-state index in [-0.39, 0.29) is 5.75 Å². The third-order valence-corrected chi connectivity index (χ3v) is 1.92. The fourth-order valence-corrected chi connectivity index (χ4v) is 1.01. The first-order chi connectivity index (χ1) is 6.63. The summed E-state index contributed by atoms with van der Waals surface area (Å²) in [6, 6.07) is 5.96. The van der Waals surface area contributed by atoms with Crippen LogP contribution in [0.3, 0.4) is 0 Å². The molecule has 0 fully saturated rings. The molecule has 0 radical (unpaired) electrons. The van der Waals surface area contributed by atoms with Gasteiger partial charge in [0.25, 0.3) is 5.24 Å². The molecule has 0 unspecified atom stereocenters. The summed E-state index contributed by atoms with van der Waals surface area (Å²) in [5, 5.41) is -0.544. The van der Waals surface area contributed by atoms with E-state index in [1.807, 2.05) is 0 Å². The second kappa shape index (κ2) is 5.02. The van der Waals surface area contributed by atoms with E-state index < -0.39 is 11.2 Å². The molecule has 14 heavy (non-hydrogen) atoms. The van der Waals surface area contributed by atoms with Crippen molar-refractivity contribution in [1.82, 2.24) is 0 Å². The van der Waals surface area contributed by atoms with Gasteiger partial charge in [-0.1, -0.05) is 0 Å². The number of halogens is 1. The number of carbonyl (C=O) groups excluding carboxylic acids is 2. The van der Waals surface area contributed by atoms with Gasteiger partial charge < -0.3 is 4.74 Å². The molecule has 1 aromatic rings. The van der Waals surface area contributed by atoms with E-state index >= 15 is 0 Å². The number of benzene rings is 1. The number of hydrogen-bond donors (Lipinski definition) is 1. The third-order valence-electron chi connectivity index (χ3n) is 1.44. The Kier molecular flexibility index (Phi) is 3.98. The van der Waals surface area contributed by atoms with Crippen molar-refractivity contribution in [2.45, 2.75) is 0 Å². The predicted molar refractivity (Wildman–Crippen MR) is 56.1 cm³/mol. The Morgan fingerprint density at radius 3 is 2.29 bits per heavy atom. The Bertz CT molecular complexity index is 348. The highest BCUT2D eigenvalue weighted by Crippen LogP contribution is 2.13. The first kappa shape index (κ1) is 11.1. The lowest BCUT2D eigenvalue weighted by Crippen LogP contribution is -2.08. The van der Waals surface area contributed by atoms with Crippen molar-refractivity contribution in [2.24, 2.45) is 0 Å². The standard InChI is InChI=1S/C9H7ClO3S/c10-9(12)6-1-3-7(4-2-6)13-8(11)5-14/h1-4,14H,5H2. The van der Waals surface area contributed by atoms with E-state index in [2.05, 4.69) is 12.6 Å². The number of rotatable bonds is 3. The lowest BCUT2D eigenvalue weighted by Gasteiger charge is -2.01. The molecular weight excluding hydrogens is 224 g/mol. The molecule has 1 aromatic carbocycles. The van der Waals surface area contributed by atoms with Crippen LogP contribution in [0.25, 0.3) is 0 Å². The van der Waals surface area contributed by atoms with E-state index in [1.54, 1.807) is 0 Å². The Morgan fingerprint density at radius 1 is 1.29 bits per heavy atom. The molecule has 0 aliphatic carbocycles. The van der Waals surface area contributed by atoms with Gasteiger partial charge in [-0.3, -0.25) is 9.59 Å². The van der Waals surface area contributed by atoms with Crippen LogP contribution in [0.15, 0.2) is 24.3 Å². The molecule has 0 atom stereocenters. The molecule has 3 nitrogen and oxygen atoms in total. The van der Waals surface area contributed by atoms with Crippen molar-refractivity contribution in [2.75, 3.05) is 5.75 Å². The quantitative estimate of drug-likeness (QED) is 0.373. The van der Waals surface area contributed by atoms with E-state index in [9.17, 15) is 9.59 Å². The molecule has 0 bridgehead atoms. The van der Waals surface area contributed by atoms with Gasteiger partial charge in [-0.05, 0) is 35.9 Å². The molecular formula is C9H7ClO3S. The summed E-state index contributed by atoms with van der Waals surface area (Å²) in [5.41, 5.74) is 0.359. The zero-order chi connectivity index (χ0) is 10.6. The van der Waals surface area contributed by atoms with Crippen molar-refractivity contribution < 1.29 is 14.3 Å². The molecule has 0 aliphatic heterocycles. The third kappa shape index (κ3) is 3.05. The molecule has 74 valence electrons. The SMILES string of the molecule is O=C(CS)Oc1ccc(C(=O)Cl)cc1. The fraction of sp³-hybridized carbons (Fsp3) is 0.111. The average molecular weight is 231 g/mol. The van der Waals surface area contributed by atoms with E-state index in [0.717, 1.165) is 0 Å². The van der Waals surface area contributed by atoms with Crippen LogP contribution in [0, 0.1) is 0 Å². The lowest BCUT2D eigenvalue weighted by molar-refractivity contribution is -0.131. The maximum Gasteiger partial charge on any atom is 0.321 e. The minimum absolute atomic E-state index is 0.0101. The molecule has 0 N–H and O–H groups in total. The maximum absolute atomic E-state index is 10.8. The molecule has 5 heteroatoms. The highest BCUT2D eigenvalue weighted by atomic mass is 35.5. The van der Waals surface area contributed by atoms with Crippen LogP contribution < -0.4 is 4.74 Å². The Labute approximate surface area is 91.4 Å². The molecule has 1 rings (SSSR count). The summed E-state index contributed by atoms with van der Waals surface area (Å²) < 4.78 is 4.83. The van der Waals surface area contributed by atoms with Gasteiger partial charge in [0, 0.05) is 5.56 Å². The van der Waals surface area contributed by atoms with Crippen LogP contribution in [-0.4, -0.2) is 17.0 Å². The fourth-order valence-electron chi connectivity index (χ4n) is 0.818. The first-order valence-corrected chi connectivity index (χ1v) is 4.76. The van der Waals surface area contributed by atoms with Crippen LogP contribution in [0.4, 0.5) is 0 Å². The van der Waals surface area contributed by atoms with Gasteiger partial charge >= 0.3 is 5.97 Å². The monoisotopic (exact) mass is 230 g/mol. The minimum atomic E-state index is -0.544. The lowest BCUT2D eigenvalue weighted by atomic mass is 10.2. The normalized spacial score (nSPS) is 9.57. The maximum atomic E-state index is 10.8. The molecule has 0 spiro atoms. The van der Waals surface area contributed by atoms with Crippen molar-refractivity contribution in [1.29, 1.82) is 0 Å². The van der Waals surface area contributed by atoms with Crippen LogP contribution in [0.1, 0.15) is 10.4 Å². The molecule has 0 aromatic heterocycles. The van der Waals surface area contributed by atoms with Gasteiger partial charge in [-0.15, -0.1) is 0 Å². The summed E-state index contributed by atoms with van der Waals surface area (Å²) in [6.45, 7) is 0. The van der Waals surface area contributed by atoms with Crippen molar-refractivity contribution in [3.8, 4) is 5.75 Å². The van der Waals surface area contributed by atoms with Gasteiger partial charge in [0.1, 0.15) is 5.75 Å². The summed E-state index contributed by atoms with van der Waals surface area (Å²) in [7, 11) is 0. The van der Waals surface area contributed by atoms with Gasteiger partial charge in [0.05, 0.1) is 5.75 Å². The largest absolute Gasteiger partial charge is 0.426 e. The minimum Gasteiger partial charge on any atom is -0.426 e. The van der Waals surface area contributed by atoms with E-state index in [1.165, 1.54) is 24.3 Å². The van der Waals surface area contributed by atoms with Gasteiger partial charge in [0.2, 0.25) is 0 Å². The van der Waals surface area contributed by atoms with Crippen molar-refractivity contribution in [3.05, 3.63) is 29.8 Å². The number of ether oxygens (including phenoxy) is 1. The number of thiol groups is 1. The predicted octanol–water partition coefficient (Wildman–Crippen LogP) is 1.90. The summed E-state index contributed by atoms with van der Waals surface area (Å²) in [5.74, 6) is -0.0695. The van der Waals surface area contributed by atoms with Crippen LogP contribution in [0.5, 0.6) is 5.75 Å². The van der Waals surface area contributed by atoms with Gasteiger partial charge in [-0.25, -0.2) is 0 Å². The summed E-state index contributed by atoms with van der Waals surface area (Å²) in [4.78, 5) is 21.5. The van der Waals surface area contributed by atoms with E-state index in [0.29, 0.717) is 11.3 Å². The molecule has 0 saturated carbocycles. The highest BCUT2D eigenvalue weighted by molar-refractivity contribution is 7.81. The highest BCUT2D eigenvalue weighted by Gasteiger charge is 2.04. The number of hydrogen-bond acceptors (Lipinski definition) is 4. The molecule has 0 saturated heterocycles. The first-order valence-electron chi connectivity index (χ1n) is 3.75. The van der Waals surface area contributed by atoms with Gasteiger partial charge in [-0.2, -0.15) is 12.6 Å². The molecule has 0 amide bonds. The van der Waals surface area contributed by atoms with Crippen LogP contribution in [0.2, 0.25) is 0 Å². The Morgan fingerprint density at radius 2 is 1.86 bits per heavy atom. The van der Waals surface area contributed by atoms with Crippen molar-refractivity contribution in [3.63, 3.8) is 0 Å². The second-order valence-corrected chi connectivity index (χ2v) is 3.09. The second-order valence-electron chi connectivity index (χ2n) is 2.43. The molecule has 0 heterocycles. The zero-order valence-corrected chi connectivity index (χ0v) is 8.72. The summed E-state index contributed by atoms with van der Waals surface area (Å²) >= 11 is 8.98. The average Bonchev–Trinajstić information content (AvgIpc) is 2.18. The Hall–Kier alpha value is -1.00. The Balaban J connectivity index is 2.73. The zero-order valence-electron chi connectivity index (χ0n) is 7.07. The number of carbonyl (C=O) groups is 2. The molecule has 0 aliphatic rings. The topological polar surface area (TPSA) is 43.4 Å². The van der Waals surface area contributed by atoms with Crippen molar-refractivity contribution >= 4 is 35.4 Å². The van der Waals surface area contributed by atoms with Crippen LogP contribution in [-0.2, 0) is 4.79 Å². The van der Waals surface area contributed by atoms with Crippen LogP contribution >= 0.6 is 24.2 Å². The van der Waals surface area contributed by atoms with Gasteiger partial charge in [0.15, 0.2) is 0 Å². The summed E-state index contributed by atoms with van der Waals surface area (Å²) in [6.07, 6.45) is 0. The van der Waals surface area contributed by atoms with E-state index in [4.69, 9.17) is 16.3 Å².